The molecule has 0 spiro atoms. The van der Waals surface area contributed by atoms with E-state index in [0.29, 0.717) is 0 Å². The summed E-state index contributed by atoms with van der Waals surface area (Å²) in [5.74, 6) is 0. The van der Waals surface area contributed by atoms with Gasteiger partial charge in [-0.25, -0.2) is 22.8 Å². The van der Waals surface area contributed by atoms with Gasteiger partial charge in [-0.2, -0.15) is 0 Å². The third-order valence-corrected chi connectivity index (χ3v) is 5.85. The second-order valence-electron chi connectivity index (χ2n) is 5.79. The molecule has 21 nitrogen and oxygen atoms in total. The second kappa shape index (κ2) is 10.2. The fourth-order valence-corrected chi connectivity index (χ4v) is 5.33. The lowest BCUT2D eigenvalue weighted by Crippen LogP contribution is -2.66. The molecule has 6 atom stereocenters. The summed E-state index contributed by atoms with van der Waals surface area (Å²) in [5.41, 5.74) is 0. The summed E-state index contributed by atoms with van der Waals surface area (Å²) in [6.45, 7) is 0. The highest BCUT2D eigenvalue weighted by Crippen LogP contribution is 2.54. The molecule has 11 N–H and O–H groups in total. The van der Waals surface area contributed by atoms with Gasteiger partial charge in [-0.15, -0.1) is 0 Å². The Morgan fingerprint density at radius 2 is 0.531 bits per heavy atom. The number of phosphoric ester groups is 5. The Balaban J connectivity index is 3.77. The lowest BCUT2D eigenvalue weighted by molar-refractivity contribution is -0.205. The summed E-state index contributed by atoms with van der Waals surface area (Å²) < 4.78 is 76.6. The third-order valence-electron chi connectivity index (χ3n) is 3.26. The summed E-state index contributed by atoms with van der Waals surface area (Å²) in [5, 5.41) is 10.3. The van der Waals surface area contributed by atoms with Crippen LogP contribution in [0, 0.1) is 0 Å². The number of hydrogen-bond acceptors (Lipinski definition) is 11. The van der Waals surface area contributed by atoms with E-state index in [1.54, 1.807) is 0 Å². The number of aliphatic hydroxyl groups excluding tert-OH is 1. The maximum Gasteiger partial charge on any atom is 0.470 e. The van der Waals surface area contributed by atoms with Crippen LogP contribution < -0.4 is 0 Å². The minimum absolute atomic E-state index is 2.85. The standard InChI is InChI=1S/C6H17O21P5/c7-1-2(23-28(8,9)10)4(25-30(14,15)16)6(27-32(20,21)22)5(26-31(17,18)19)3(1)24-29(11,12)13/h1-7H,(H2,8,9,10)(H2,11,12,13)(H2,14,15,16)(H2,17,18,19)(H2,20,21,22)/t1?,2-,3+,4-,5-,6?/m1/s1. The van der Waals surface area contributed by atoms with E-state index in [1.165, 1.54) is 0 Å². The molecule has 0 saturated heterocycles. The monoisotopic (exact) mass is 580 g/mol. The van der Waals surface area contributed by atoms with Crippen LogP contribution in [0.3, 0.4) is 0 Å². The van der Waals surface area contributed by atoms with E-state index in [-0.39, 0.29) is 0 Å². The van der Waals surface area contributed by atoms with Crippen LogP contribution in [0.5, 0.6) is 0 Å². The van der Waals surface area contributed by atoms with Gasteiger partial charge in [0.1, 0.15) is 36.6 Å². The van der Waals surface area contributed by atoms with Crippen molar-refractivity contribution < 1.29 is 99.5 Å². The minimum atomic E-state index is -5.86. The Kier molecular flexibility index (Phi) is 9.78. The van der Waals surface area contributed by atoms with Crippen molar-refractivity contribution in [1.29, 1.82) is 0 Å². The van der Waals surface area contributed by atoms with Crippen LogP contribution in [-0.2, 0) is 45.4 Å². The van der Waals surface area contributed by atoms with Crippen LogP contribution >= 0.6 is 39.1 Å². The molecule has 192 valence electrons. The molecule has 0 amide bonds. The van der Waals surface area contributed by atoms with Gasteiger partial charge in [-0.05, 0) is 0 Å². The van der Waals surface area contributed by atoms with E-state index in [4.69, 9.17) is 48.9 Å². The first kappa shape index (κ1) is 30.5. The van der Waals surface area contributed by atoms with Gasteiger partial charge in [-0.3, -0.25) is 22.6 Å². The van der Waals surface area contributed by atoms with Crippen LogP contribution in [-0.4, -0.2) is 90.7 Å². The Labute approximate surface area is 176 Å². The third kappa shape index (κ3) is 10.8. The van der Waals surface area contributed by atoms with Crippen molar-refractivity contribution in [2.24, 2.45) is 0 Å². The molecule has 1 saturated carbocycles. The smallest absolute Gasteiger partial charge is 0.387 e. The molecule has 0 aliphatic heterocycles. The average molecular weight is 580 g/mol. The Morgan fingerprint density at radius 1 is 0.375 bits per heavy atom. The van der Waals surface area contributed by atoms with Crippen LogP contribution in [0.1, 0.15) is 0 Å². The van der Waals surface area contributed by atoms with Gasteiger partial charge in [-0.1, -0.05) is 0 Å². The van der Waals surface area contributed by atoms with Crippen LogP contribution in [0.25, 0.3) is 0 Å². The molecule has 1 fully saturated rings. The topological polar surface area (TPSA) is 354 Å². The van der Waals surface area contributed by atoms with E-state index in [2.05, 4.69) is 22.6 Å². The zero-order valence-electron chi connectivity index (χ0n) is 14.7. The summed E-state index contributed by atoms with van der Waals surface area (Å²) in [7, 11) is -29.1. The minimum Gasteiger partial charge on any atom is -0.387 e. The molecule has 0 heterocycles. The maximum atomic E-state index is 11.3. The zero-order valence-corrected chi connectivity index (χ0v) is 19.2. The first-order chi connectivity index (χ1) is 13.9. The molecule has 0 bridgehead atoms. The summed E-state index contributed by atoms with van der Waals surface area (Å²) in [4.78, 5) is 90.1. The number of aliphatic hydroxyl groups is 1. The van der Waals surface area contributed by atoms with Crippen molar-refractivity contribution in [2.45, 2.75) is 36.6 Å². The second-order valence-corrected chi connectivity index (χ2v) is 11.8. The summed E-state index contributed by atoms with van der Waals surface area (Å²) in [6, 6.07) is 0. The van der Waals surface area contributed by atoms with Crippen molar-refractivity contribution in [3.05, 3.63) is 0 Å². The molecule has 1 rings (SSSR count). The highest BCUT2D eigenvalue weighted by atomic mass is 31.2. The van der Waals surface area contributed by atoms with Gasteiger partial charge in [0, 0.05) is 0 Å². The van der Waals surface area contributed by atoms with Gasteiger partial charge in [0.05, 0.1) is 0 Å². The molecule has 1 aliphatic carbocycles. The van der Waals surface area contributed by atoms with E-state index in [1.807, 2.05) is 0 Å². The van der Waals surface area contributed by atoms with Crippen molar-refractivity contribution in [1.82, 2.24) is 0 Å². The highest BCUT2D eigenvalue weighted by Gasteiger charge is 2.60. The molecule has 26 heteroatoms. The van der Waals surface area contributed by atoms with E-state index in [9.17, 15) is 27.9 Å². The number of hydrogen-bond donors (Lipinski definition) is 11. The fraction of sp³-hybridized carbons (Fsp3) is 1.00. The summed E-state index contributed by atoms with van der Waals surface area (Å²) >= 11 is 0. The first-order valence-corrected chi connectivity index (χ1v) is 14.9. The maximum absolute atomic E-state index is 11.3. The Hall–Kier alpha value is 0.510. The summed E-state index contributed by atoms with van der Waals surface area (Å²) in [6.07, 6.45) is -17.4. The molecule has 0 aromatic rings. The van der Waals surface area contributed by atoms with E-state index >= 15 is 0 Å². The predicted octanol–water partition coefficient (Wildman–Crippen LogP) is -3.25. The lowest BCUT2D eigenvalue weighted by atomic mass is 9.85. The molecule has 0 aromatic carbocycles. The molecular weight excluding hydrogens is 563 g/mol. The zero-order chi connectivity index (χ0) is 25.5. The van der Waals surface area contributed by atoms with Crippen molar-refractivity contribution >= 4 is 39.1 Å². The van der Waals surface area contributed by atoms with Crippen LogP contribution in [0.4, 0.5) is 0 Å². The van der Waals surface area contributed by atoms with Gasteiger partial charge < -0.3 is 54.0 Å². The van der Waals surface area contributed by atoms with Crippen molar-refractivity contribution in [3.63, 3.8) is 0 Å². The normalized spacial score (nSPS) is 31.0. The first-order valence-electron chi connectivity index (χ1n) is 7.26. The molecule has 1 aliphatic rings. The molecule has 0 radical (unpaired) electrons. The Morgan fingerprint density at radius 3 is 0.719 bits per heavy atom. The van der Waals surface area contributed by atoms with Crippen LogP contribution in [0.15, 0.2) is 0 Å². The van der Waals surface area contributed by atoms with Gasteiger partial charge in [0.25, 0.3) is 0 Å². The van der Waals surface area contributed by atoms with Crippen LogP contribution in [0.2, 0.25) is 0 Å². The lowest BCUT2D eigenvalue weighted by Gasteiger charge is -2.47. The number of rotatable bonds is 10. The molecular formula is C6H17O21P5. The average Bonchev–Trinajstić information content (AvgIpc) is 2.45. The fourth-order valence-electron chi connectivity index (χ4n) is 2.53. The van der Waals surface area contributed by atoms with E-state index < -0.39 is 75.7 Å². The molecule has 2 unspecified atom stereocenters. The molecule has 32 heavy (non-hydrogen) atoms. The van der Waals surface area contributed by atoms with E-state index in [0.717, 1.165) is 0 Å². The molecule has 0 aromatic heterocycles. The SMILES string of the molecule is O=P(O)(O)OC1[C@H](OP(=O)(O)O)[C@H](OP(=O)(O)O)C(O)[C@H](OP(=O)(O)O)[C@H]1OP(=O)(O)O. The van der Waals surface area contributed by atoms with Crippen molar-refractivity contribution in [2.75, 3.05) is 0 Å². The van der Waals surface area contributed by atoms with Gasteiger partial charge in [0.2, 0.25) is 0 Å². The number of phosphoric acid groups is 5. The Bertz CT molecular complexity index is 824. The van der Waals surface area contributed by atoms with Gasteiger partial charge >= 0.3 is 39.1 Å². The van der Waals surface area contributed by atoms with Crippen molar-refractivity contribution in [3.8, 4) is 0 Å². The quantitative estimate of drug-likeness (QED) is 0.113. The van der Waals surface area contributed by atoms with Gasteiger partial charge in [0.15, 0.2) is 0 Å². The highest BCUT2D eigenvalue weighted by molar-refractivity contribution is 7.47. The predicted molar refractivity (Wildman–Crippen MR) is 90.6 cm³/mol. The largest absolute Gasteiger partial charge is 0.470 e.